The third-order valence-electron chi connectivity index (χ3n) is 2.87. The van der Waals surface area contributed by atoms with Crippen molar-refractivity contribution in [3.63, 3.8) is 0 Å². The van der Waals surface area contributed by atoms with Crippen molar-refractivity contribution in [2.75, 3.05) is 19.1 Å². The molecule has 0 amide bonds. The van der Waals surface area contributed by atoms with E-state index < -0.39 is 5.97 Å². The summed E-state index contributed by atoms with van der Waals surface area (Å²) < 4.78 is 5.27. The van der Waals surface area contributed by atoms with E-state index in [1.165, 1.54) is 6.92 Å². The number of hydrogen-bond donors (Lipinski definition) is 1. The Morgan fingerprint density at radius 2 is 2.00 bits per heavy atom. The second-order valence-corrected chi connectivity index (χ2v) is 5.24. The van der Waals surface area contributed by atoms with E-state index in [2.05, 4.69) is 4.98 Å². The van der Waals surface area contributed by atoms with Crippen molar-refractivity contribution < 1.29 is 19.4 Å². The topological polar surface area (TPSA) is 79.7 Å². The van der Waals surface area contributed by atoms with E-state index in [-0.39, 0.29) is 16.4 Å². The molecule has 2 rings (SSSR count). The third-order valence-corrected chi connectivity index (χ3v) is 4.10. The SMILES string of the molecule is COc1ccccc1N(C)c1nc(C(=O)O)c(C(C)=O)s1. The molecule has 1 aromatic carbocycles. The maximum absolute atomic E-state index is 11.5. The summed E-state index contributed by atoms with van der Waals surface area (Å²) >= 11 is 1.05. The number of carbonyl (C=O) groups is 2. The number of carboxylic acid groups (broad SMARTS) is 1. The molecule has 0 unspecified atom stereocenters. The molecule has 6 nitrogen and oxygen atoms in total. The minimum absolute atomic E-state index is 0.138. The number of Topliss-reactive ketones (excluding diaryl/α,β-unsaturated/α-hetero) is 1. The quantitative estimate of drug-likeness (QED) is 0.856. The van der Waals surface area contributed by atoms with Gasteiger partial charge in [-0.25, -0.2) is 9.78 Å². The first-order valence-corrected chi connectivity index (χ1v) is 6.89. The lowest BCUT2D eigenvalue weighted by Gasteiger charge is -2.18. The Morgan fingerprint density at radius 3 is 2.52 bits per heavy atom. The predicted octanol–water partition coefficient (Wildman–Crippen LogP) is 2.82. The first-order chi connectivity index (χ1) is 9.95. The Labute approximate surface area is 125 Å². The number of thiazole rings is 1. The highest BCUT2D eigenvalue weighted by Crippen LogP contribution is 2.35. The lowest BCUT2D eigenvalue weighted by molar-refractivity contribution is 0.0687. The van der Waals surface area contributed by atoms with Crippen LogP contribution in [0.5, 0.6) is 5.75 Å². The Morgan fingerprint density at radius 1 is 1.33 bits per heavy atom. The van der Waals surface area contributed by atoms with Crippen LogP contribution in [0.25, 0.3) is 0 Å². The van der Waals surface area contributed by atoms with Crippen molar-refractivity contribution in [3.8, 4) is 5.75 Å². The van der Waals surface area contributed by atoms with Crippen LogP contribution in [0.4, 0.5) is 10.8 Å². The largest absolute Gasteiger partial charge is 0.495 e. The van der Waals surface area contributed by atoms with Gasteiger partial charge in [0, 0.05) is 14.0 Å². The zero-order chi connectivity index (χ0) is 15.6. The monoisotopic (exact) mass is 306 g/mol. The first kappa shape index (κ1) is 15.0. The zero-order valence-electron chi connectivity index (χ0n) is 11.8. The molecule has 21 heavy (non-hydrogen) atoms. The minimum atomic E-state index is -1.21. The standard InChI is InChI=1S/C14H14N2O4S/c1-8(17)12-11(13(18)19)15-14(21-12)16(2)9-6-4-5-7-10(9)20-3/h4-7H,1-3H3,(H,18,19). The van der Waals surface area contributed by atoms with Crippen molar-refractivity contribution in [2.24, 2.45) is 0 Å². The molecule has 0 saturated heterocycles. The molecule has 1 N–H and O–H groups in total. The number of aromatic nitrogens is 1. The summed E-state index contributed by atoms with van der Waals surface area (Å²) in [4.78, 5) is 28.6. The van der Waals surface area contributed by atoms with Gasteiger partial charge in [-0.3, -0.25) is 4.79 Å². The average molecular weight is 306 g/mol. The summed E-state index contributed by atoms with van der Waals surface area (Å²) in [6.07, 6.45) is 0. The van der Waals surface area contributed by atoms with Gasteiger partial charge in [-0.05, 0) is 12.1 Å². The fourth-order valence-corrected chi connectivity index (χ4v) is 2.77. The van der Waals surface area contributed by atoms with Gasteiger partial charge in [-0.1, -0.05) is 23.5 Å². The highest BCUT2D eigenvalue weighted by molar-refractivity contribution is 7.17. The normalized spacial score (nSPS) is 10.2. The number of rotatable bonds is 5. The van der Waals surface area contributed by atoms with Crippen molar-refractivity contribution in [2.45, 2.75) is 6.92 Å². The molecule has 0 saturated carbocycles. The lowest BCUT2D eigenvalue weighted by atomic mass is 10.3. The Balaban J connectivity index is 2.49. The second kappa shape index (κ2) is 5.92. The van der Waals surface area contributed by atoms with Crippen molar-refractivity contribution >= 4 is 33.9 Å². The number of anilines is 2. The predicted molar refractivity (Wildman–Crippen MR) is 80.1 cm³/mol. The summed E-state index contributed by atoms with van der Waals surface area (Å²) in [5, 5.41) is 9.55. The van der Waals surface area contributed by atoms with Crippen LogP contribution in [0.1, 0.15) is 27.1 Å². The highest BCUT2D eigenvalue weighted by Gasteiger charge is 2.23. The number of methoxy groups -OCH3 is 1. The van der Waals surface area contributed by atoms with E-state index in [0.29, 0.717) is 10.9 Å². The zero-order valence-corrected chi connectivity index (χ0v) is 12.6. The molecular weight excluding hydrogens is 292 g/mol. The number of benzene rings is 1. The summed E-state index contributed by atoms with van der Waals surface area (Å²) in [6.45, 7) is 1.33. The molecule has 0 atom stereocenters. The van der Waals surface area contributed by atoms with E-state index in [4.69, 9.17) is 9.84 Å². The third kappa shape index (κ3) is 2.87. The number of carbonyl (C=O) groups excluding carboxylic acids is 1. The Bertz CT molecular complexity index is 665. The highest BCUT2D eigenvalue weighted by atomic mass is 32.1. The number of nitrogens with zero attached hydrogens (tertiary/aromatic N) is 2. The fraction of sp³-hybridized carbons (Fsp3) is 0.214. The maximum Gasteiger partial charge on any atom is 0.356 e. The van der Waals surface area contributed by atoms with Crippen molar-refractivity contribution in [1.29, 1.82) is 0 Å². The van der Waals surface area contributed by atoms with Gasteiger partial charge < -0.3 is 14.7 Å². The van der Waals surface area contributed by atoms with Crippen LogP contribution in [0.3, 0.4) is 0 Å². The van der Waals surface area contributed by atoms with Crippen LogP contribution >= 0.6 is 11.3 Å². The van der Waals surface area contributed by atoms with Crippen LogP contribution in [-0.2, 0) is 0 Å². The molecule has 0 fully saturated rings. The summed E-state index contributed by atoms with van der Waals surface area (Å²) in [7, 11) is 3.30. The van der Waals surface area contributed by atoms with Crippen LogP contribution in [0.2, 0.25) is 0 Å². The van der Waals surface area contributed by atoms with Gasteiger partial charge in [0.25, 0.3) is 0 Å². The van der Waals surface area contributed by atoms with E-state index >= 15 is 0 Å². The van der Waals surface area contributed by atoms with E-state index in [0.717, 1.165) is 17.0 Å². The molecular formula is C14H14N2O4S. The number of ether oxygens (including phenoxy) is 1. The summed E-state index contributed by atoms with van der Waals surface area (Å²) in [6, 6.07) is 7.30. The van der Waals surface area contributed by atoms with E-state index in [9.17, 15) is 9.59 Å². The molecule has 1 aromatic heterocycles. The molecule has 0 bridgehead atoms. The molecule has 0 aliphatic carbocycles. The average Bonchev–Trinajstić information content (AvgIpc) is 2.92. The number of carboxylic acids is 1. The van der Waals surface area contributed by atoms with Gasteiger partial charge in [-0.2, -0.15) is 0 Å². The van der Waals surface area contributed by atoms with Crippen LogP contribution in [0.15, 0.2) is 24.3 Å². The Kier molecular flexibility index (Phi) is 4.23. The molecule has 0 spiro atoms. The fourth-order valence-electron chi connectivity index (χ4n) is 1.85. The number of aromatic carboxylic acids is 1. The van der Waals surface area contributed by atoms with E-state index in [1.54, 1.807) is 25.1 Å². The molecule has 1 heterocycles. The van der Waals surface area contributed by atoms with Crippen molar-refractivity contribution in [3.05, 3.63) is 34.8 Å². The van der Waals surface area contributed by atoms with Gasteiger partial charge in [-0.15, -0.1) is 0 Å². The number of ketones is 1. The molecule has 110 valence electrons. The molecule has 7 heteroatoms. The molecule has 0 radical (unpaired) electrons. The molecule has 0 aliphatic heterocycles. The van der Waals surface area contributed by atoms with Crippen molar-refractivity contribution in [1.82, 2.24) is 4.98 Å². The van der Waals surface area contributed by atoms with Gasteiger partial charge in [0.2, 0.25) is 0 Å². The van der Waals surface area contributed by atoms with Gasteiger partial charge >= 0.3 is 5.97 Å². The minimum Gasteiger partial charge on any atom is -0.495 e. The maximum atomic E-state index is 11.5. The van der Waals surface area contributed by atoms with Crippen LogP contribution in [0, 0.1) is 0 Å². The first-order valence-electron chi connectivity index (χ1n) is 6.07. The summed E-state index contributed by atoms with van der Waals surface area (Å²) in [5.74, 6) is -0.892. The second-order valence-electron chi connectivity index (χ2n) is 4.27. The smallest absolute Gasteiger partial charge is 0.356 e. The number of hydrogen-bond acceptors (Lipinski definition) is 6. The number of para-hydroxylation sites is 2. The van der Waals surface area contributed by atoms with Gasteiger partial charge in [0.15, 0.2) is 16.6 Å². The molecule has 2 aromatic rings. The molecule has 0 aliphatic rings. The summed E-state index contributed by atoms with van der Waals surface area (Å²) in [5.41, 5.74) is 0.519. The Hall–Kier alpha value is -2.41. The van der Waals surface area contributed by atoms with Crippen LogP contribution < -0.4 is 9.64 Å². The van der Waals surface area contributed by atoms with Gasteiger partial charge in [0.05, 0.1) is 12.8 Å². The van der Waals surface area contributed by atoms with Gasteiger partial charge in [0.1, 0.15) is 10.6 Å². The lowest BCUT2D eigenvalue weighted by Crippen LogP contribution is -2.11. The van der Waals surface area contributed by atoms with E-state index in [1.807, 2.05) is 18.2 Å². The van der Waals surface area contributed by atoms with Crippen LogP contribution in [-0.4, -0.2) is 36.0 Å².